The average molecular weight is 687 g/mol. The number of nitrogens with zero attached hydrogens (tertiary/aromatic N) is 4. The number of rotatable bonds is 5. The van der Waals surface area contributed by atoms with Gasteiger partial charge in [0.25, 0.3) is 0 Å². The Morgan fingerprint density at radius 3 is 1.31 bits per heavy atom. The lowest BCUT2D eigenvalue weighted by Crippen LogP contribution is -2.00. The highest BCUT2D eigenvalue weighted by molar-refractivity contribution is 6.11. The SMILES string of the molecule is N#Cc1cccc(-c2ccccc2-c2ccccc2-c2cc(-n3c4ccccc4c4ccccc43)cc(-n3c4ccccc4c4cc(C#N)ccc43)c2)c1. The van der Waals surface area contributed by atoms with Crippen molar-refractivity contribution in [3.05, 3.63) is 193 Å². The fraction of sp³-hybridized carbons (Fsp3) is 0. The minimum atomic E-state index is 0.632. The van der Waals surface area contributed by atoms with E-state index in [1.807, 2.05) is 30.3 Å². The van der Waals surface area contributed by atoms with Gasteiger partial charge in [0.05, 0.1) is 45.3 Å². The lowest BCUT2D eigenvalue weighted by molar-refractivity contribution is 1.13. The minimum Gasteiger partial charge on any atom is -0.309 e. The smallest absolute Gasteiger partial charge is 0.0991 e. The maximum absolute atomic E-state index is 9.84. The van der Waals surface area contributed by atoms with E-state index < -0.39 is 0 Å². The molecule has 0 saturated carbocycles. The zero-order valence-electron chi connectivity index (χ0n) is 29.1. The molecule has 250 valence electrons. The molecule has 0 saturated heterocycles. The number of fused-ring (bicyclic) bond motifs is 6. The van der Waals surface area contributed by atoms with Crippen molar-refractivity contribution in [1.29, 1.82) is 10.5 Å². The van der Waals surface area contributed by atoms with E-state index in [2.05, 4.69) is 173 Å². The molecule has 0 atom stereocenters. The number of aromatic nitrogens is 2. The summed E-state index contributed by atoms with van der Waals surface area (Å²) in [6, 6.07) is 68.0. The average Bonchev–Trinajstić information content (AvgIpc) is 3.76. The topological polar surface area (TPSA) is 57.4 Å². The summed E-state index contributed by atoms with van der Waals surface area (Å²) in [6.07, 6.45) is 0. The van der Waals surface area contributed by atoms with Crippen LogP contribution in [0.4, 0.5) is 0 Å². The zero-order valence-corrected chi connectivity index (χ0v) is 29.1. The van der Waals surface area contributed by atoms with Crippen LogP contribution in [0.3, 0.4) is 0 Å². The van der Waals surface area contributed by atoms with Crippen LogP contribution < -0.4 is 0 Å². The van der Waals surface area contributed by atoms with Gasteiger partial charge < -0.3 is 9.13 Å². The van der Waals surface area contributed by atoms with E-state index in [4.69, 9.17) is 0 Å². The van der Waals surface area contributed by atoms with Gasteiger partial charge in [-0.05, 0) is 100 Å². The monoisotopic (exact) mass is 686 g/mol. The molecule has 8 aromatic carbocycles. The molecule has 0 bridgehead atoms. The first-order valence-corrected chi connectivity index (χ1v) is 18.0. The van der Waals surface area contributed by atoms with E-state index in [0.29, 0.717) is 11.1 Å². The molecule has 0 unspecified atom stereocenters. The van der Waals surface area contributed by atoms with Crippen LogP contribution in [0.5, 0.6) is 0 Å². The van der Waals surface area contributed by atoms with Crippen molar-refractivity contribution in [2.75, 3.05) is 0 Å². The first-order chi connectivity index (χ1) is 26.7. The van der Waals surface area contributed by atoms with Gasteiger partial charge in [-0.3, -0.25) is 0 Å². The maximum Gasteiger partial charge on any atom is 0.0991 e. The minimum absolute atomic E-state index is 0.632. The van der Waals surface area contributed by atoms with Gasteiger partial charge in [0, 0.05) is 32.9 Å². The highest BCUT2D eigenvalue weighted by atomic mass is 15.0. The van der Waals surface area contributed by atoms with Gasteiger partial charge in [-0.2, -0.15) is 10.5 Å². The molecule has 54 heavy (non-hydrogen) atoms. The molecular weight excluding hydrogens is 657 g/mol. The summed E-state index contributed by atoms with van der Waals surface area (Å²) >= 11 is 0. The fourth-order valence-electron chi connectivity index (χ4n) is 8.23. The molecule has 0 N–H and O–H groups in total. The van der Waals surface area contributed by atoms with Crippen molar-refractivity contribution >= 4 is 43.6 Å². The Hall–Kier alpha value is -7.66. The number of hydrogen-bond donors (Lipinski definition) is 0. The van der Waals surface area contributed by atoms with Crippen molar-refractivity contribution in [1.82, 2.24) is 9.13 Å². The Balaban J connectivity index is 1.29. The van der Waals surface area contributed by atoms with E-state index >= 15 is 0 Å². The molecule has 10 rings (SSSR count). The van der Waals surface area contributed by atoms with Crippen LogP contribution in [0.25, 0.3) is 88.4 Å². The molecule has 0 aliphatic rings. The summed E-state index contributed by atoms with van der Waals surface area (Å²) in [7, 11) is 0. The molecule has 0 aliphatic carbocycles. The fourth-order valence-corrected chi connectivity index (χ4v) is 8.23. The molecule has 2 aromatic heterocycles. The highest BCUT2D eigenvalue weighted by Crippen LogP contribution is 2.42. The third kappa shape index (κ3) is 4.90. The molecule has 0 spiro atoms. The summed E-state index contributed by atoms with van der Waals surface area (Å²) in [5.41, 5.74) is 14.1. The van der Waals surface area contributed by atoms with E-state index in [1.165, 1.54) is 10.8 Å². The summed E-state index contributed by atoms with van der Waals surface area (Å²) < 4.78 is 4.71. The Morgan fingerprint density at radius 1 is 0.315 bits per heavy atom. The second-order valence-electron chi connectivity index (χ2n) is 13.6. The third-order valence-electron chi connectivity index (χ3n) is 10.6. The van der Waals surface area contributed by atoms with Gasteiger partial charge in [0.1, 0.15) is 0 Å². The van der Waals surface area contributed by atoms with Gasteiger partial charge >= 0.3 is 0 Å². The standard InChI is InChI=1S/C50H30N4/c51-31-33-12-11-13-35(26-33)39-14-1-3-16-41(39)42-17-4-2-15-40(42)36-28-37(53-47-21-8-5-18-43(47)44-19-6-9-22-48(44)53)30-38(29-36)54-49-23-10-7-20-45(49)46-27-34(32-52)24-25-50(46)54/h1-30H. The summed E-state index contributed by atoms with van der Waals surface area (Å²) in [6.45, 7) is 0. The Morgan fingerprint density at radius 2 is 0.759 bits per heavy atom. The summed E-state index contributed by atoms with van der Waals surface area (Å²) in [5, 5.41) is 24.1. The maximum atomic E-state index is 9.84. The summed E-state index contributed by atoms with van der Waals surface area (Å²) in [5.74, 6) is 0. The third-order valence-corrected chi connectivity index (χ3v) is 10.6. The zero-order chi connectivity index (χ0) is 36.2. The van der Waals surface area contributed by atoms with Gasteiger partial charge in [0.15, 0.2) is 0 Å². The Labute approximate surface area is 312 Å². The van der Waals surface area contributed by atoms with Crippen LogP contribution >= 0.6 is 0 Å². The normalized spacial score (nSPS) is 11.3. The molecule has 4 nitrogen and oxygen atoms in total. The van der Waals surface area contributed by atoms with Crippen molar-refractivity contribution in [2.45, 2.75) is 0 Å². The quantitative estimate of drug-likeness (QED) is 0.181. The largest absolute Gasteiger partial charge is 0.309 e. The van der Waals surface area contributed by atoms with Gasteiger partial charge in [-0.1, -0.05) is 115 Å². The predicted molar refractivity (Wildman–Crippen MR) is 221 cm³/mol. The first-order valence-electron chi connectivity index (χ1n) is 18.0. The predicted octanol–water partition coefficient (Wildman–Crippen LogP) is 12.6. The van der Waals surface area contributed by atoms with E-state index in [0.717, 1.165) is 77.6 Å². The van der Waals surface area contributed by atoms with Crippen LogP contribution in [-0.4, -0.2) is 9.13 Å². The Bertz CT molecular complexity index is 3150. The van der Waals surface area contributed by atoms with E-state index in [9.17, 15) is 10.5 Å². The van der Waals surface area contributed by atoms with Crippen molar-refractivity contribution < 1.29 is 0 Å². The van der Waals surface area contributed by atoms with E-state index in [-0.39, 0.29) is 0 Å². The van der Waals surface area contributed by atoms with Gasteiger partial charge in [-0.15, -0.1) is 0 Å². The lowest BCUT2D eigenvalue weighted by Gasteiger charge is -2.18. The number of para-hydroxylation sites is 3. The molecular formula is C50H30N4. The number of hydrogen-bond acceptors (Lipinski definition) is 2. The van der Waals surface area contributed by atoms with Gasteiger partial charge in [-0.25, -0.2) is 0 Å². The van der Waals surface area contributed by atoms with E-state index in [1.54, 1.807) is 0 Å². The van der Waals surface area contributed by atoms with Gasteiger partial charge in [0.2, 0.25) is 0 Å². The molecule has 0 fully saturated rings. The summed E-state index contributed by atoms with van der Waals surface area (Å²) in [4.78, 5) is 0. The molecule has 2 heterocycles. The molecule has 0 aliphatic heterocycles. The van der Waals surface area contributed by atoms with Crippen LogP contribution in [-0.2, 0) is 0 Å². The highest BCUT2D eigenvalue weighted by Gasteiger charge is 2.19. The van der Waals surface area contributed by atoms with Crippen LogP contribution in [0, 0.1) is 22.7 Å². The van der Waals surface area contributed by atoms with Crippen molar-refractivity contribution in [3.8, 4) is 56.9 Å². The van der Waals surface area contributed by atoms with Crippen LogP contribution in [0.1, 0.15) is 11.1 Å². The van der Waals surface area contributed by atoms with Crippen LogP contribution in [0.2, 0.25) is 0 Å². The lowest BCUT2D eigenvalue weighted by atomic mass is 9.89. The molecule has 0 amide bonds. The number of benzene rings is 8. The van der Waals surface area contributed by atoms with Crippen molar-refractivity contribution in [2.24, 2.45) is 0 Å². The Kier molecular flexibility index (Phi) is 7.22. The second-order valence-corrected chi connectivity index (χ2v) is 13.6. The molecule has 0 radical (unpaired) electrons. The first kappa shape index (κ1) is 31.1. The molecule has 10 aromatic rings. The second kappa shape index (κ2) is 12.5. The number of nitriles is 2. The molecule has 4 heteroatoms. The van der Waals surface area contributed by atoms with Crippen LogP contribution in [0.15, 0.2) is 182 Å². The van der Waals surface area contributed by atoms with Crippen molar-refractivity contribution in [3.63, 3.8) is 0 Å².